The van der Waals surface area contributed by atoms with Crippen molar-refractivity contribution in [1.82, 2.24) is 20.4 Å². The molecule has 25 heavy (non-hydrogen) atoms. The molecule has 1 aromatic carbocycles. The van der Waals surface area contributed by atoms with E-state index in [0.29, 0.717) is 6.54 Å². The van der Waals surface area contributed by atoms with Crippen LogP contribution in [-0.2, 0) is 13.1 Å². The number of nitrogens with zero attached hydrogens (tertiary/aromatic N) is 3. The molecule has 0 saturated carbocycles. The number of nitrogens with one attached hydrogen (secondary N) is 2. The molecule has 5 heteroatoms. The Morgan fingerprint density at radius 2 is 1.88 bits per heavy atom. The summed E-state index contributed by atoms with van der Waals surface area (Å²) < 4.78 is 2.08. The maximum absolute atomic E-state index is 4.74. The molecule has 2 N–H and O–H groups in total. The molecular formula is C20H31N5. The van der Waals surface area contributed by atoms with E-state index in [1.807, 2.05) is 6.07 Å². The van der Waals surface area contributed by atoms with Crippen LogP contribution >= 0.6 is 0 Å². The van der Waals surface area contributed by atoms with Crippen LogP contribution < -0.4 is 10.6 Å². The van der Waals surface area contributed by atoms with E-state index in [0.717, 1.165) is 37.7 Å². The second-order valence-electron chi connectivity index (χ2n) is 6.27. The van der Waals surface area contributed by atoms with Crippen LogP contribution in [0.2, 0.25) is 0 Å². The molecule has 0 aliphatic carbocycles. The third-order valence-corrected chi connectivity index (χ3v) is 4.27. The number of benzene rings is 1. The van der Waals surface area contributed by atoms with Gasteiger partial charge in [0, 0.05) is 24.3 Å². The second-order valence-corrected chi connectivity index (χ2v) is 6.27. The molecule has 0 atom stereocenters. The number of guanidine groups is 1. The number of rotatable bonds is 8. The number of hydrogen-bond acceptors (Lipinski definition) is 2. The number of hydrogen-bond donors (Lipinski definition) is 2. The maximum atomic E-state index is 4.74. The van der Waals surface area contributed by atoms with E-state index < -0.39 is 0 Å². The Balaban J connectivity index is 2.09. The summed E-state index contributed by atoms with van der Waals surface area (Å²) in [6, 6.07) is 10.4. The Morgan fingerprint density at radius 1 is 1.12 bits per heavy atom. The normalized spacial score (nSPS) is 11.6. The van der Waals surface area contributed by atoms with Gasteiger partial charge in [-0.3, -0.25) is 4.68 Å². The highest BCUT2D eigenvalue weighted by Crippen LogP contribution is 2.16. The smallest absolute Gasteiger partial charge is 0.191 e. The third kappa shape index (κ3) is 5.62. The SMILES string of the molecule is CCCCNC(=NCc1c(C)nn(Cc2ccccc2)c1C)NCC. The van der Waals surface area contributed by atoms with Gasteiger partial charge in [0.1, 0.15) is 0 Å². The van der Waals surface area contributed by atoms with Crippen LogP contribution in [-0.4, -0.2) is 28.8 Å². The molecule has 0 saturated heterocycles. The minimum Gasteiger partial charge on any atom is -0.357 e. The van der Waals surface area contributed by atoms with Gasteiger partial charge in [-0.05, 0) is 32.8 Å². The van der Waals surface area contributed by atoms with E-state index in [2.05, 4.69) is 67.3 Å². The van der Waals surface area contributed by atoms with E-state index in [-0.39, 0.29) is 0 Å². The van der Waals surface area contributed by atoms with E-state index in [9.17, 15) is 0 Å². The molecule has 0 amide bonds. The Bertz CT molecular complexity index is 673. The predicted molar refractivity (Wildman–Crippen MR) is 105 cm³/mol. The molecule has 0 bridgehead atoms. The molecule has 1 aromatic heterocycles. The van der Waals surface area contributed by atoms with E-state index in [1.54, 1.807) is 0 Å². The van der Waals surface area contributed by atoms with Gasteiger partial charge in [0.15, 0.2) is 5.96 Å². The molecule has 1 heterocycles. The first-order valence-corrected chi connectivity index (χ1v) is 9.24. The van der Waals surface area contributed by atoms with Crippen molar-refractivity contribution in [1.29, 1.82) is 0 Å². The first-order chi connectivity index (χ1) is 12.2. The highest BCUT2D eigenvalue weighted by atomic mass is 15.3. The van der Waals surface area contributed by atoms with Crippen molar-refractivity contribution in [2.45, 2.75) is 53.6 Å². The molecule has 0 unspecified atom stereocenters. The summed E-state index contributed by atoms with van der Waals surface area (Å²) >= 11 is 0. The van der Waals surface area contributed by atoms with Crippen molar-refractivity contribution >= 4 is 5.96 Å². The van der Waals surface area contributed by atoms with Gasteiger partial charge in [0.25, 0.3) is 0 Å². The highest BCUT2D eigenvalue weighted by Gasteiger charge is 2.11. The van der Waals surface area contributed by atoms with Crippen molar-refractivity contribution in [3.63, 3.8) is 0 Å². The van der Waals surface area contributed by atoms with E-state index in [4.69, 9.17) is 10.1 Å². The zero-order valence-corrected chi connectivity index (χ0v) is 16.0. The molecule has 0 radical (unpaired) electrons. The maximum Gasteiger partial charge on any atom is 0.191 e. The van der Waals surface area contributed by atoms with Gasteiger partial charge in [-0.1, -0.05) is 43.7 Å². The van der Waals surface area contributed by atoms with Gasteiger partial charge < -0.3 is 10.6 Å². The summed E-state index contributed by atoms with van der Waals surface area (Å²) in [7, 11) is 0. The van der Waals surface area contributed by atoms with Gasteiger partial charge in [0.2, 0.25) is 0 Å². The minimum absolute atomic E-state index is 0.647. The fourth-order valence-corrected chi connectivity index (χ4v) is 2.76. The van der Waals surface area contributed by atoms with Crippen molar-refractivity contribution in [2.75, 3.05) is 13.1 Å². The number of unbranched alkanes of at least 4 members (excludes halogenated alkanes) is 1. The second kappa shape index (κ2) is 9.87. The summed E-state index contributed by atoms with van der Waals surface area (Å²) in [5.41, 5.74) is 4.72. The van der Waals surface area contributed by atoms with Crippen molar-refractivity contribution < 1.29 is 0 Å². The van der Waals surface area contributed by atoms with Gasteiger partial charge >= 0.3 is 0 Å². The molecule has 0 aliphatic heterocycles. The van der Waals surface area contributed by atoms with Crippen molar-refractivity contribution in [2.24, 2.45) is 4.99 Å². The topological polar surface area (TPSA) is 54.2 Å². The Kier molecular flexibility index (Phi) is 7.51. The average Bonchev–Trinajstić information content (AvgIpc) is 2.87. The largest absolute Gasteiger partial charge is 0.357 e. The van der Waals surface area contributed by atoms with E-state index >= 15 is 0 Å². The molecule has 0 aliphatic rings. The lowest BCUT2D eigenvalue weighted by Crippen LogP contribution is -2.37. The summed E-state index contributed by atoms with van der Waals surface area (Å²) in [6.07, 6.45) is 2.33. The minimum atomic E-state index is 0.647. The van der Waals surface area contributed by atoms with Crippen LogP contribution in [0, 0.1) is 13.8 Å². The van der Waals surface area contributed by atoms with Crippen LogP contribution in [0.1, 0.15) is 49.2 Å². The monoisotopic (exact) mass is 341 g/mol. The highest BCUT2D eigenvalue weighted by molar-refractivity contribution is 5.79. The average molecular weight is 342 g/mol. The van der Waals surface area contributed by atoms with Crippen LogP contribution in [0.4, 0.5) is 0 Å². The van der Waals surface area contributed by atoms with Crippen molar-refractivity contribution in [3.8, 4) is 0 Å². The Morgan fingerprint density at radius 3 is 2.56 bits per heavy atom. The molecule has 136 valence electrons. The zero-order chi connectivity index (χ0) is 18.1. The fraction of sp³-hybridized carbons (Fsp3) is 0.500. The van der Waals surface area contributed by atoms with E-state index in [1.165, 1.54) is 23.2 Å². The summed E-state index contributed by atoms with van der Waals surface area (Å²) in [5.74, 6) is 0.880. The quantitative estimate of drug-likeness (QED) is 0.439. The summed E-state index contributed by atoms with van der Waals surface area (Å²) in [4.78, 5) is 4.74. The Labute approximate surface area is 151 Å². The Hall–Kier alpha value is -2.30. The van der Waals surface area contributed by atoms with Crippen LogP contribution in [0.5, 0.6) is 0 Å². The molecule has 2 rings (SSSR count). The molecule has 5 nitrogen and oxygen atoms in total. The summed E-state index contributed by atoms with van der Waals surface area (Å²) in [6.45, 7) is 11.7. The molecule has 0 spiro atoms. The molecular weight excluding hydrogens is 310 g/mol. The van der Waals surface area contributed by atoms with Crippen molar-refractivity contribution in [3.05, 3.63) is 52.8 Å². The first kappa shape index (κ1) is 19.0. The van der Waals surface area contributed by atoms with Gasteiger partial charge in [-0.25, -0.2) is 4.99 Å². The van der Waals surface area contributed by atoms with Gasteiger partial charge in [-0.15, -0.1) is 0 Å². The number of aromatic nitrogens is 2. The first-order valence-electron chi connectivity index (χ1n) is 9.24. The molecule has 0 fully saturated rings. The predicted octanol–water partition coefficient (Wildman–Crippen LogP) is 3.40. The zero-order valence-electron chi connectivity index (χ0n) is 16.0. The lowest BCUT2D eigenvalue weighted by molar-refractivity contribution is 0.658. The molecule has 2 aromatic rings. The number of aryl methyl sites for hydroxylation is 1. The fourth-order valence-electron chi connectivity index (χ4n) is 2.76. The lowest BCUT2D eigenvalue weighted by atomic mass is 10.2. The van der Waals surface area contributed by atoms with Gasteiger partial charge in [-0.2, -0.15) is 5.10 Å². The summed E-state index contributed by atoms with van der Waals surface area (Å²) in [5, 5.41) is 11.4. The standard InChI is InChI=1S/C20H31N5/c1-5-7-13-22-20(21-6-2)23-14-19-16(3)24-25(17(19)4)15-18-11-9-8-10-12-18/h8-12H,5-7,13-15H2,1-4H3,(H2,21,22,23). The van der Waals surface area contributed by atoms with Crippen LogP contribution in [0.3, 0.4) is 0 Å². The van der Waals surface area contributed by atoms with Crippen LogP contribution in [0.15, 0.2) is 35.3 Å². The lowest BCUT2D eigenvalue weighted by Gasteiger charge is -2.11. The van der Waals surface area contributed by atoms with Gasteiger partial charge in [0.05, 0.1) is 18.8 Å². The van der Waals surface area contributed by atoms with Crippen LogP contribution in [0.25, 0.3) is 0 Å². The third-order valence-electron chi connectivity index (χ3n) is 4.27. The number of aliphatic imine (C=N–C) groups is 1.